The van der Waals surface area contributed by atoms with Crippen LogP contribution in [0, 0.1) is 11.6 Å². The van der Waals surface area contributed by atoms with Crippen molar-refractivity contribution in [2.24, 2.45) is 0 Å². The highest BCUT2D eigenvalue weighted by Gasteiger charge is 2.32. The number of rotatable bonds is 5. The SMILES string of the molecule is CC(C)(C)OC(=O)N[C@@H](CN1CCCCC1)C(=O)N1CCN(c2ccc(F)cc2F)CC1. The number of alkyl carbamates (subject to hydrolysis) is 1. The van der Waals surface area contributed by atoms with Gasteiger partial charge in [-0.3, -0.25) is 4.79 Å². The summed E-state index contributed by atoms with van der Waals surface area (Å²) in [6.07, 6.45) is 2.72. The average Bonchev–Trinajstić information content (AvgIpc) is 2.72. The quantitative estimate of drug-likeness (QED) is 0.744. The number of anilines is 1. The van der Waals surface area contributed by atoms with Gasteiger partial charge in [-0.1, -0.05) is 6.42 Å². The summed E-state index contributed by atoms with van der Waals surface area (Å²) < 4.78 is 32.7. The number of hydrogen-bond donors (Lipinski definition) is 1. The lowest BCUT2D eigenvalue weighted by Crippen LogP contribution is -2.58. The molecule has 32 heavy (non-hydrogen) atoms. The zero-order valence-electron chi connectivity index (χ0n) is 19.2. The van der Waals surface area contributed by atoms with Crippen LogP contribution in [0.4, 0.5) is 19.3 Å². The second-order valence-corrected chi connectivity index (χ2v) is 9.47. The van der Waals surface area contributed by atoms with Crippen LogP contribution in [-0.4, -0.2) is 79.3 Å². The van der Waals surface area contributed by atoms with Crippen molar-refractivity contribution in [1.82, 2.24) is 15.1 Å². The highest BCUT2D eigenvalue weighted by Crippen LogP contribution is 2.22. The molecule has 0 aromatic heterocycles. The first-order valence-electron chi connectivity index (χ1n) is 11.3. The molecule has 2 aliphatic rings. The van der Waals surface area contributed by atoms with Crippen molar-refractivity contribution in [2.75, 3.05) is 50.7 Å². The van der Waals surface area contributed by atoms with E-state index in [2.05, 4.69) is 10.2 Å². The summed E-state index contributed by atoms with van der Waals surface area (Å²) >= 11 is 0. The molecule has 7 nitrogen and oxygen atoms in total. The monoisotopic (exact) mass is 452 g/mol. The van der Waals surface area contributed by atoms with Gasteiger partial charge < -0.3 is 24.8 Å². The van der Waals surface area contributed by atoms with E-state index >= 15 is 0 Å². The lowest BCUT2D eigenvalue weighted by Gasteiger charge is -2.39. The molecule has 1 aromatic rings. The molecule has 3 rings (SSSR count). The third-order valence-corrected chi connectivity index (χ3v) is 5.72. The molecule has 1 N–H and O–H groups in total. The summed E-state index contributed by atoms with van der Waals surface area (Å²) in [6.45, 7) is 9.21. The molecule has 0 spiro atoms. The van der Waals surface area contributed by atoms with Gasteiger partial charge in [0.2, 0.25) is 5.91 Å². The fourth-order valence-electron chi connectivity index (χ4n) is 4.16. The molecule has 2 amide bonds. The minimum absolute atomic E-state index is 0.166. The molecule has 2 heterocycles. The van der Waals surface area contributed by atoms with Gasteiger partial charge in [-0.25, -0.2) is 13.6 Å². The van der Waals surface area contributed by atoms with Gasteiger partial charge in [0.15, 0.2) is 0 Å². The number of hydrogen-bond acceptors (Lipinski definition) is 5. The van der Waals surface area contributed by atoms with Gasteiger partial charge >= 0.3 is 6.09 Å². The minimum atomic E-state index is -0.711. The number of nitrogens with zero attached hydrogens (tertiary/aromatic N) is 3. The number of benzene rings is 1. The van der Waals surface area contributed by atoms with Gasteiger partial charge in [-0.15, -0.1) is 0 Å². The van der Waals surface area contributed by atoms with Crippen LogP contribution in [-0.2, 0) is 9.53 Å². The van der Waals surface area contributed by atoms with Crippen LogP contribution in [0.1, 0.15) is 40.0 Å². The van der Waals surface area contributed by atoms with Crippen molar-refractivity contribution < 1.29 is 23.1 Å². The highest BCUT2D eigenvalue weighted by atomic mass is 19.1. The Morgan fingerprint density at radius 3 is 2.28 bits per heavy atom. The maximum absolute atomic E-state index is 14.1. The topological polar surface area (TPSA) is 65.1 Å². The molecule has 0 bridgehead atoms. The molecule has 9 heteroatoms. The molecule has 0 saturated carbocycles. The summed E-state index contributed by atoms with van der Waals surface area (Å²) in [5.41, 5.74) is -0.330. The second-order valence-electron chi connectivity index (χ2n) is 9.47. The first-order chi connectivity index (χ1) is 15.1. The highest BCUT2D eigenvalue weighted by molar-refractivity contribution is 5.86. The maximum Gasteiger partial charge on any atom is 0.408 e. The molecule has 1 aromatic carbocycles. The van der Waals surface area contributed by atoms with Crippen molar-refractivity contribution in [1.29, 1.82) is 0 Å². The zero-order chi connectivity index (χ0) is 23.3. The fraction of sp³-hybridized carbons (Fsp3) is 0.652. The van der Waals surface area contributed by atoms with E-state index < -0.39 is 29.4 Å². The fourth-order valence-corrected chi connectivity index (χ4v) is 4.16. The number of ether oxygens (including phenoxy) is 1. The smallest absolute Gasteiger partial charge is 0.408 e. The minimum Gasteiger partial charge on any atom is -0.444 e. The number of likely N-dealkylation sites (tertiary alicyclic amines) is 1. The van der Waals surface area contributed by atoms with Crippen LogP contribution in [0.15, 0.2) is 18.2 Å². The van der Waals surface area contributed by atoms with E-state index in [0.29, 0.717) is 38.4 Å². The van der Waals surface area contributed by atoms with Crippen molar-refractivity contribution in [3.05, 3.63) is 29.8 Å². The first-order valence-corrected chi connectivity index (χ1v) is 11.3. The Morgan fingerprint density at radius 1 is 1.03 bits per heavy atom. The molecule has 1 atom stereocenters. The molecule has 0 unspecified atom stereocenters. The molecule has 2 saturated heterocycles. The molecular weight excluding hydrogens is 418 g/mol. The van der Waals surface area contributed by atoms with Crippen molar-refractivity contribution in [3.8, 4) is 0 Å². The van der Waals surface area contributed by atoms with E-state index in [4.69, 9.17) is 4.74 Å². The Balaban J connectivity index is 1.63. The molecular formula is C23H34F2N4O3. The molecule has 178 valence electrons. The largest absolute Gasteiger partial charge is 0.444 e. The molecule has 2 aliphatic heterocycles. The molecule has 0 radical (unpaired) electrons. The van der Waals surface area contributed by atoms with E-state index in [-0.39, 0.29) is 5.91 Å². The lowest BCUT2D eigenvalue weighted by atomic mass is 10.1. The lowest BCUT2D eigenvalue weighted by molar-refractivity contribution is -0.134. The van der Waals surface area contributed by atoms with Gasteiger partial charge in [0.05, 0.1) is 5.69 Å². The summed E-state index contributed by atoms with van der Waals surface area (Å²) in [4.78, 5) is 31.4. The van der Waals surface area contributed by atoms with Gasteiger partial charge in [-0.2, -0.15) is 0 Å². The Morgan fingerprint density at radius 2 is 1.69 bits per heavy atom. The predicted molar refractivity (Wildman–Crippen MR) is 119 cm³/mol. The first kappa shape index (κ1) is 24.2. The summed E-state index contributed by atoms with van der Waals surface area (Å²) in [7, 11) is 0. The Hall–Kier alpha value is -2.42. The van der Waals surface area contributed by atoms with Gasteiger partial charge in [0.25, 0.3) is 0 Å². The number of piperazine rings is 1. The normalized spacial score (nSPS) is 18.9. The molecule has 2 fully saturated rings. The standard InChI is InChI=1S/C23H34F2N4O3/c1-23(2,3)32-22(31)26-19(16-27-9-5-4-6-10-27)21(30)29-13-11-28(12-14-29)20-8-7-17(24)15-18(20)25/h7-8,15,19H,4-6,9-14,16H2,1-3H3,(H,26,31)/t19-/m0/s1. The third kappa shape index (κ3) is 6.79. The average molecular weight is 453 g/mol. The number of amides is 2. The van der Waals surface area contributed by atoms with Gasteiger partial charge in [0, 0.05) is 38.8 Å². The zero-order valence-corrected chi connectivity index (χ0v) is 19.2. The third-order valence-electron chi connectivity index (χ3n) is 5.72. The van der Waals surface area contributed by atoms with Crippen LogP contribution in [0.5, 0.6) is 0 Å². The van der Waals surface area contributed by atoms with Crippen LogP contribution < -0.4 is 10.2 Å². The Bertz CT molecular complexity index is 801. The van der Waals surface area contributed by atoms with Crippen LogP contribution in [0.25, 0.3) is 0 Å². The van der Waals surface area contributed by atoms with Crippen LogP contribution in [0.2, 0.25) is 0 Å². The Labute approximate surface area is 188 Å². The van der Waals surface area contributed by atoms with Crippen LogP contribution >= 0.6 is 0 Å². The van der Waals surface area contributed by atoms with Crippen molar-refractivity contribution >= 4 is 17.7 Å². The van der Waals surface area contributed by atoms with Crippen LogP contribution in [0.3, 0.4) is 0 Å². The Kier molecular flexibility index (Phi) is 7.92. The number of piperidine rings is 1. The predicted octanol–water partition coefficient (Wildman–Crippen LogP) is 2.99. The van der Waals surface area contributed by atoms with Gasteiger partial charge in [-0.05, 0) is 58.8 Å². The molecule has 0 aliphatic carbocycles. The van der Waals surface area contributed by atoms with E-state index in [9.17, 15) is 18.4 Å². The number of carbonyl (C=O) groups is 2. The second kappa shape index (κ2) is 10.5. The van der Waals surface area contributed by atoms with E-state index in [1.165, 1.54) is 18.6 Å². The summed E-state index contributed by atoms with van der Waals surface area (Å²) in [5, 5.41) is 2.77. The van der Waals surface area contributed by atoms with E-state index in [0.717, 1.165) is 32.0 Å². The van der Waals surface area contributed by atoms with Crippen molar-refractivity contribution in [3.63, 3.8) is 0 Å². The van der Waals surface area contributed by atoms with E-state index in [1.54, 1.807) is 30.6 Å². The van der Waals surface area contributed by atoms with E-state index in [1.807, 2.05) is 0 Å². The summed E-state index contributed by atoms with van der Waals surface area (Å²) in [5.74, 6) is -1.39. The van der Waals surface area contributed by atoms with Gasteiger partial charge in [0.1, 0.15) is 23.3 Å². The maximum atomic E-state index is 14.1. The number of halogens is 2. The number of carbonyl (C=O) groups excluding carboxylic acids is 2. The number of nitrogens with one attached hydrogen (secondary N) is 1. The summed E-state index contributed by atoms with van der Waals surface area (Å²) in [6, 6.07) is 2.81. The van der Waals surface area contributed by atoms with Crippen molar-refractivity contribution in [2.45, 2.75) is 51.7 Å².